The van der Waals surface area contributed by atoms with Crippen molar-refractivity contribution in [1.29, 1.82) is 0 Å². The molecule has 0 atom stereocenters. The summed E-state index contributed by atoms with van der Waals surface area (Å²) in [6.45, 7) is 3.07. The molecule has 1 aliphatic heterocycles. The van der Waals surface area contributed by atoms with Crippen LogP contribution in [-0.4, -0.2) is 16.2 Å². The fourth-order valence-corrected chi connectivity index (χ4v) is 3.12. The summed E-state index contributed by atoms with van der Waals surface area (Å²) < 4.78 is 12.8. The molecule has 0 aliphatic carbocycles. The summed E-state index contributed by atoms with van der Waals surface area (Å²) in [6.07, 6.45) is 2.05. The van der Waals surface area contributed by atoms with Crippen molar-refractivity contribution in [2.75, 3.05) is 12.1 Å². The Bertz CT molecular complexity index is 778. The highest BCUT2D eigenvalue weighted by Gasteiger charge is 2.14. The minimum atomic E-state index is 0.302. The first-order chi connectivity index (χ1) is 9.81. The zero-order valence-electron chi connectivity index (χ0n) is 10.9. The number of aryl methyl sites for hydroxylation is 1. The smallest absolute Gasteiger partial charge is 0.231 e. The summed E-state index contributed by atoms with van der Waals surface area (Å²) in [7, 11) is 0. The Morgan fingerprint density at radius 2 is 2.25 bits per heavy atom. The average Bonchev–Trinajstić information content (AvgIpc) is 3.12. The van der Waals surface area contributed by atoms with Gasteiger partial charge < -0.3 is 14.8 Å². The molecule has 6 heteroatoms. The number of fused-ring (bicyclic) bond motifs is 2. The van der Waals surface area contributed by atoms with Crippen LogP contribution >= 0.6 is 11.3 Å². The van der Waals surface area contributed by atoms with E-state index >= 15 is 0 Å². The molecule has 3 heterocycles. The second kappa shape index (κ2) is 4.42. The van der Waals surface area contributed by atoms with Crippen molar-refractivity contribution in [3.8, 4) is 11.5 Å². The van der Waals surface area contributed by atoms with Crippen LogP contribution in [-0.2, 0) is 6.54 Å². The molecule has 4 rings (SSSR count). The summed E-state index contributed by atoms with van der Waals surface area (Å²) in [6, 6.07) is 5.88. The number of hydrogen-bond acceptors (Lipinski definition) is 5. The Morgan fingerprint density at radius 3 is 3.20 bits per heavy atom. The van der Waals surface area contributed by atoms with Gasteiger partial charge in [0.15, 0.2) is 16.5 Å². The molecule has 20 heavy (non-hydrogen) atoms. The van der Waals surface area contributed by atoms with Gasteiger partial charge in [0.25, 0.3) is 0 Å². The molecule has 0 bridgehead atoms. The Kier molecular flexibility index (Phi) is 2.56. The Hall–Kier alpha value is -2.21. The number of benzene rings is 1. The largest absolute Gasteiger partial charge is 0.454 e. The standard InChI is InChI=1S/C14H13N3O2S/c1-9-11(17-4-5-20-14(17)16-9)7-15-10-2-3-12-13(6-10)19-8-18-12/h2-6,15H,7-8H2,1H3. The first-order valence-corrected chi connectivity index (χ1v) is 7.24. The van der Waals surface area contributed by atoms with Gasteiger partial charge in [0.2, 0.25) is 6.79 Å². The van der Waals surface area contributed by atoms with Gasteiger partial charge in [0.05, 0.1) is 17.9 Å². The summed E-state index contributed by atoms with van der Waals surface area (Å²) >= 11 is 1.65. The zero-order chi connectivity index (χ0) is 13.5. The van der Waals surface area contributed by atoms with Gasteiger partial charge in [-0.1, -0.05) is 0 Å². The van der Waals surface area contributed by atoms with Crippen LogP contribution in [0.25, 0.3) is 4.96 Å². The fourth-order valence-electron chi connectivity index (χ4n) is 2.35. The first-order valence-electron chi connectivity index (χ1n) is 6.36. The van der Waals surface area contributed by atoms with E-state index in [1.54, 1.807) is 11.3 Å². The van der Waals surface area contributed by atoms with E-state index in [1.165, 1.54) is 5.69 Å². The molecular formula is C14H13N3O2S. The molecule has 0 fully saturated rings. The van der Waals surface area contributed by atoms with Crippen molar-refractivity contribution in [3.63, 3.8) is 0 Å². The molecule has 2 aromatic heterocycles. The molecule has 1 aliphatic rings. The molecule has 0 saturated heterocycles. The maximum Gasteiger partial charge on any atom is 0.231 e. The van der Waals surface area contributed by atoms with Gasteiger partial charge >= 0.3 is 0 Å². The van der Waals surface area contributed by atoms with Gasteiger partial charge in [-0.25, -0.2) is 4.98 Å². The molecule has 0 radical (unpaired) electrons. The number of ether oxygens (including phenoxy) is 2. The van der Waals surface area contributed by atoms with E-state index in [0.29, 0.717) is 6.79 Å². The molecule has 1 N–H and O–H groups in total. The van der Waals surface area contributed by atoms with Crippen LogP contribution in [0, 0.1) is 6.92 Å². The molecule has 0 unspecified atom stereocenters. The van der Waals surface area contributed by atoms with Crippen LogP contribution in [0.4, 0.5) is 5.69 Å². The number of imidazole rings is 1. The summed E-state index contributed by atoms with van der Waals surface area (Å²) in [5.74, 6) is 1.59. The molecular weight excluding hydrogens is 274 g/mol. The normalized spacial score (nSPS) is 13.1. The average molecular weight is 287 g/mol. The first kappa shape index (κ1) is 11.6. The van der Waals surface area contributed by atoms with Gasteiger partial charge in [-0.05, 0) is 19.1 Å². The number of hydrogen-bond donors (Lipinski definition) is 1. The van der Waals surface area contributed by atoms with E-state index in [9.17, 15) is 0 Å². The lowest BCUT2D eigenvalue weighted by Gasteiger charge is -2.07. The van der Waals surface area contributed by atoms with Crippen molar-refractivity contribution in [1.82, 2.24) is 9.38 Å². The van der Waals surface area contributed by atoms with Gasteiger partial charge in [-0.15, -0.1) is 11.3 Å². The summed E-state index contributed by atoms with van der Waals surface area (Å²) in [4.78, 5) is 5.57. The van der Waals surface area contributed by atoms with Crippen molar-refractivity contribution < 1.29 is 9.47 Å². The van der Waals surface area contributed by atoms with Crippen LogP contribution < -0.4 is 14.8 Å². The van der Waals surface area contributed by atoms with Crippen LogP contribution in [0.5, 0.6) is 11.5 Å². The lowest BCUT2D eigenvalue weighted by atomic mass is 10.2. The maximum atomic E-state index is 5.38. The monoisotopic (exact) mass is 287 g/mol. The maximum absolute atomic E-state index is 5.38. The molecule has 102 valence electrons. The summed E-state index contributed by atoms with van der Waals surface area (Å²) in [5.41, 5.74) is 3.25. The Balaban J connectivity index is 1.58. The highest BCUT2D eigenvalue weighted by atomic mass is 32.1. The van der Waals surface area contributed by atoms with Crippen molar-refractivity contribution in [3.05, 3.63) is 41.2 Å². The molecule has 0 spiro atoms. The molecule has 0 saturated carbocycles. The Labute approximate surface area is 119 Å². The summed E-state index contributed by atoms with van der Waals surface area (Å²) in [5, 5.41) is 5.46. The van der Waals surface area contributed by atoms with Crippen molar-refractivity contribution >= 4 is 22.0 Å². The highest BCUT2D eigenvalue weighted by Crippen LogP contribution is 2.34. The number of thiazole rings is 1. The Morgan fingerprint density at radius 1 is 1.35 bits per heavy atom. The van der Waals surface area contributed by atoms with Gasteiger partial charge in [0.1, 0.15) is 0 Å². The minimum absolute atomic E-state index is 0.302. The number of aromatic nitrogens is 2. The molecule has 0 amide bonds. The number of rotatable bonds is 3. The van der Waals surface area contributed by atoms with E-state index in [4.69, 9.17) is 9.47 Å². The lowest BCUT2D eigenvalue weighted by molar-refractivity contribution is 0.174. The minimum Gasteiger partial charge on any atom is -0.454 e. The van der Waals surface area contributed by atoms with Crippen LogP contribution in [0.1, 0.15) is 11.4 Å². The SMILES string of the molecule is Cc1nc2sccn2c1CNc1ccc2c(c1)OCO2. The van der Waals surface area contributed by atoms with Gasteiger partial charge in [-0.3, -0.25) is 4.40 Å². The second-order valence-electron chi connectivity index (χ2n) is 4.62. The molecule has 1 aromatic carbocycles. The number of nitrogens with one attached hydrogen (secondary N) is 1. The third kappa shape index (κ3) is 1.80. The fraction of sp³-hybridized carbons (Fsp3) is 0.214. The molecule has 5 nitrogen and oxygen atoms in total. The van der Waals surface area contributed by atoms with Crippen molar-refractivity contribution in [2.45, 2.75) is 13.5 Å². The predicted octanol–water partition coefficient (Wildman–Crippen LogP) is 3.05. The lowest BCUT2D eigenvalue weighted by Crippen LogP contribution is -2.03. The third-order valence-electron chi connectivity index (χ3n) is 3.39. The topological polar surface area (TPSA) is 47.8 Å². The zero-order valence-corrected chi connectivity index (χ0v) is 11.7. The van der Waals surface area contributed by atoms with E-state index in [2.05, 4.69) is 20.9 Å². The molecule has 3 aromatic rings. The van der Waals surface area contributed by atoms with Crippen molar-refractivity contribution in [2.24, 2.45) is 0 Å². The van der Waals surface area contributed by atoms with E-state index in [0.717, 1.165) is 34.4 Å². The van der Waals surface area contributed by atoms with Gasteiger partial charge in [-0.2, -0.15) is 0 Å². The van der Waals surface area contributed by atoms with Crippen LogP contribution in [0.3, 0.4) is 0 Å². The highest BCUT2D eigenvalue weighted by molar-refractivity contribution is 7.15. The van der Waals surface area contributed by atoms with Crippen LogP contribution in [0.2, 0.25) is 0 Å². The van der Waals surface area contributed by atoms with Gasteiger partial charge in [0, 0.05) is 23.3 Å². The van der Waals surface area contributed by atoms with E-state index in [-0.39, 0.29) is 0 Å². The third-order valence-corrected chi connectivity index (χ3v) is 4.15. The number of nitrogens with zero attached hydrogens (tertiary/aromatic N) is 2. The predicted molar refractivity (Wildman–Crippen MR) is 77.7 cm³/mol. The van der Waals surface area contributed by atoms with Crippen LogP contribution in [0.15, 0.2) is 29.8 Å². The number of anilines is 1. The second-order valence-corrected chi connectivity index (χ2v) is 5.49. The quantitative estimate of drug-likeness (QED) is 0.804. The van der Waals surface area contributed by atoms with E-state index in [1.807, 2.05) is 30.5 Å². The van der Waals surface area contributed by atoms with E-state index < -0.39 is 0 Å².